The monoisotopic (exact) mass is 242 g/mol. The van der Waals surface area contributed by atoms with E-state index in [1.807, 2.05) is 24.3 Å². The van der Waals surface area contributed by atoms with Crippen LogP contribution in [0.4, 0.5) is 0 Å². The van der Waals surface area contributed by atoms with Crippen LogP contribution >= 0.6 is 0 Å². The Hall–Kier alpha value is -2.36. The average molecular weight is 242 g/mol. The predicted octanol–water partition coefficient (Wildman–Crippen LogP) is 2.49. The van der Waals surface area contributed by atoms with Crippen LogP contribution in [0.2, 0.25) is 0 Å². The van der Waals surface area contributed by atoms with Gasteiger partial charge in [0.15, 0.2) is 0 Å². The van der Waals surface area contributed by atoms with E-state index in [0.29, 0.717) is 5.57 Å². The first-order valence-corrected chi connectivity index (χ1v) is 5.64. The van der Waals surface area contributed by atoms with Gasteiger partial charge in [0.2, 0.25) is 0 Å². The summed E-state index contributed by atoms with van der Waals surface area (Å²) in [6.07, 6.45) is 5.92. The fraction of sp³-hybridized carbons (Fsp3) is 0.143. The number of aromatic amines is 1. The number of carboxylic acids is 1. The van der Waals surface area contributed by atoms with Gasteiger partial charge in [-0.1, -0.05) is 24.3 Å². The minimum Gasteiger partial charge on any atom is -0.478 e. The van der Waals surface area contributed by atoms with E-state index >= 15 is 0 Å². The van der Waals surface area contributed by atoms with Crippen molar-refractivity contribution in [2.24, 2.45) is 0 Å². The third-order valence-corrected chi connectivity index (χ3v) is 2.63. The fourth-order valence-corrected chi connectivity index (χ4v) is 1.63. The SMILES string of the molecule is CC(=Cc1ccc(Cc2ncc[nH]2)cc1)C(=O)O. The molecule has 92 valence electrons. The summed E-state index contributed by atoms with van der Waals surface area (Å²) in [5.74, 6) is 0.0228. The number of H-pyrrole nitrogens is 1. The van der Waals surface area contributed by atoms with Crippen molar-refractivity contribution in [3.8, 4) is 0 Å². The Balaban J connectivity index is 2.10. The Labute approximate surface area is 105 Å². The van der Waals surface area contributed by atoms with E-state index in [-0.39, 0.29) is 0 Å². The molecule has 2 rings (SSSR count). The zero-order valence-electron chi connectivity index (χ0n) is 10.1. The standard InChI is InChI=1S/C14H14N2O2/c1-10(14(17)18)8-11-2-4-12(5-3-11)9-13-15-6-7-16-13/h2-8H,9H2,1H3,(H,15,16)(H,17,18). The molecule has 18 heavy (non-hydrogen) atoms. The molecule has 4 nitrogen and oxygen atoms in total. The van der Waals surface area contributed by atoms with E-state index in [9.17, 15) is 4.79 Å². The average Bonchev–Trinajstić information content (AvgIpc) is 2.84. The van der Waals surface area contributed by atoms with Gasteiger partial charge in [0.05, 0.1) is 0 Å². The lowest BCUT2D eigenvalue weighted by molar-refractivity contribution is -0.132. The van der Waals surface area contributed by atoms with Crippen molar-refractivity contribution in [2.45, 2.75) is 13.3 Å². The maximum absolute atomic E-state index is 10.7. The molecule has 0 saturated carbocycles. The number of rotatable bonds is 4. The van der Waals surface area contributed by atoms with E-state index in [2.05, 4.69) is 9.97 Å². The molecule has 0 spiro atoms. The zero-order chi connectivity index (χ0) is 13.0. The number of hydrogen-bond donors (Lipinski definition) is 2. The molecular weight excluding hydrogens is 228 g/mol. The summed E-state index contributed by atoms with van der Waals surface area (Å²) in [4.78, 5) is 17.9. The number of carbonyl (C=O) groups is 1. The maximum Gasteiger partial charge on any atom is 0.331 e. The molecule has 0 saturated heterocycles. The van der Waals surface area contributed by atoms with Crippen molar-refractivity contribution in [1.82, 2.24) is 9.97 Å². The van der Waals surface area contributed by atoms with Crippen molar-refractivity contribution in [1.29, 1.82) is 0 Å². The van der Waals surface area contributed by atoms with Crippen molar-refractivity contribution in [3.63, 3.8) is 0 Å². The van der Waals surface area contributed by atoms with Crippen LogP contribution in [0.25, 0.3) is 6.08 Å². The van der Waals surface area contributed by atoms with Crippen LogP contribution in [0.15, 0.2) is 42.2 Å². The highest BCUT2D eigenvalue weighted by Crippen LogP contribution is 2.11. The normalized spacial score (nSPS) is 11.5. The third kappa shape index (κ3) is 3.07. The van der Waals surface area contributed by atoms with Gasteiger partial charge in [0, 0.05) is 24.4 Å². The lowest BCUT2D eigenvalue weighted by Crippen LogP contribution is -1.95. The van der Waals surface area contributed by atoms with E-state index in [1.54, 1.807) is 25.4 Å². The third-order valence-electron chi connectivity index (χ3n) is 2.63. The summed E-state index contributed by atoms with van der Waals surface area (Å²) in [6.45, 7) is 1.58. The molecule has 1 aromatic carbocycles. The second-order valence-corrected chi connectivity index (χ2v) is 4.09. The van der Waals surface area contributed by atoms with Crippen LogP contribution in [0.3, 0.4) is 0 Å². The molecule has 4 heteroatoms. The Morgan fingerprint density at radius 2 is 2.11 bits per heavy atom. The van der Waals surface area contributed by atoms with E-state index in [0.717, 1.165) is 23.4 Å². The molecule has 1 aromatic heterocycles. The van der Waals surface area contributed by atoms with Crippen molar-refractivity contribution in [3.05, 3.63) is 59.2 Å². The summed E-state index contributed by atoms with van der Waals surface area (Å²) in [5.41, 5.74) is 2.35. The highest BCUT2D eigenvalue weighted by molar-refractivity contribution is 5.91. The number of nitrogens with one attached hydrogen (secondary N) is 1. The fourth-order valence-electron chi connectivity index (χ4n) is 1.63. The number of aliphatic carboxylic acids is 1. The molecule has 0 bridgehead atoms. The molecule has 0 radical (unpaired) electrons. The highest BCUT2D eigenvalue weighted by atomic mass is 16.4. The molecule has 0 atom stereocenters. The maximum atomic E-state index is 10.7. The molecule has 0 amide bonds. The minimum atomic E-state index is -0.894. The van der Waals surface area contributed by atoms with Crippen LogP contribution in [0.1, 0.15) is 23.9 Å². The molecule has 0 aliphatic carbocycles. The van der Waals surface area contributed by atoms with Gasteiger partial charge in [-0.05, 0) is 24.1 Å². The molecule has 1 heterocycles. The van der Waals surface area contributed by atoms with Crippen LogP contribution in [0.5, 0.6) is 0 Å². The van der Waals surface area contributed by atoms with Crippen LogP contribution in [0, 0.1) is 0 Å². The number of hydrogen-bond acceptors (Lipinski definition) is 2. The summed E-state index contributed by atoms with van der Waals surface area (Å²) >= 11 is 0. The van der Waals surface area contributed by atoms with Gasteiger partial charge in [0.1, 0.15) is 5.82 Å². The van der Waals surface area contributed by atoms with Crippen molar-refractivity contribution < 1.29 is 9.90 Å². The number of carboxylic acid groups (broad SMARTS) is 1. The largest absolute Gasteiger partial charge is 0.478 e. The first kappa shape index (κ1) is 12.1. The first-order valence-electron chi connectivity index (χ1n) is 5.64. The minimum absolute atomic E-state index is 0.328. The second kappa shape index (κ2) is 5.31. The molecule has 2 N–H and O–H groups in total. The summed E-state index contributed by atoms with van der Waals surface area (Å²) in [5, 5.41) is 8.79. The topological polar surface area (TPSA) is 66.0 Å². The van der Waals surface area contributed by atoms with Gasteiger partial charge in [-0.25, -0.2) is 9.78 Å². The van der Waals surface area contributed by atoms with Crippen LogP contribution in [-0.2, 0) is 11.2 Å². The van der Waals surface area contributed by atoms with Crippen LogP contribution in [-0.4, -0.2) is 21.0 Å². The Morgan fingerprint density at radius 1 is 1.39 bits per heavy atom. The van der Waals surface area contributed by atoms with Gasteiger partial charge >= 0.3 is 5.97 Å². The predicted molar refractivity (Wildman–Crippen MR) is 69.1 cm³/mol. The smallest absolute Gasteiger partial charge is 0.331 e. The lowest BCUT2D eigenvalue weighted by atomic mass is 10.1. The quantitative estimate of drug-likeness (QED) is 0.809. The van der Waals surface area contributed by atoms with Crippen molar-refractivity contribution >= 4 is 12.0 Å². The molecule has 0 fully saturated rings. The summed E-state index contributed by atoms with van der Waals surface area (Å²) < 4.78 is 0. The number of nitrogens with zero attached hydrogens (tertiary/aromatic N) is 1. The van der Waals surface area contributed by atoms with Crippen molar-refractivity contribution in [2.75, 3.05) is 0 Å². The van der Waals surface area contributed by atoms with Crippen LogP contribution < -0.4 is 0 Å². The molecular formula is C14H14N2O2. The lowest BCUT2D eigenvalue weighted by Gasteiger charge is -2.00. The highest BCUT2D eigenvalue weighted by Gasteiger charge is 2.01. The molecule has 2 aromatic rings. The number of benzene rings is 1. The first-order chi connectivity index (χ1) is 8.65. The second-order valence-electron chi connectivity index (χ2n) is 4.09. The summed E-state index contributed by atoms with van der Waals surface area (Å²) in [7, 11) is 0. The Kier molecular flexibility index (Phi) is 3.57. The Morgan fingerprint density at radius 3 is 2.67 bits per heavy atom. The van der Waals surface area contributed by atoms with E-state index in [1.165, 1.54) is 0 Å². The van der Waals surface area contributed by atoms with Gasteiger partial charge in [-0.3, -0.25) is 0 Å². The molecule has 0 unspecified atom stereocenters. The van der Waals surface area contributed by atoms with E-state index in [4.69, 9.17) is 5.11 Å². The van der Waals surface area contributed by atoms with Gasteiger partial charge in [0.25, 0.3) is 0 Å². The van der Waals surface area contributed by atoms with Gasteiger partial charge in [-0.2, -0.15) is 0 Å². The Bertz CT molecular complexity index is 554. The molecule has 0 aliphatic rings. The molecule has 0 aliphatic heterocycles. The van der Waals surface area contributed by atoms with Gasteiger partial charge < -0.3 is 10.1 Å². The van der Waals surface area contributed by atoms with Gasteiger partial charge in [-0.15, -0.1) is 0 Å². The summed E-state index contributed by atoms with van der Waals surface area (Å²) in [6, 6.07) is 7.77. The number of imidazole rings is 1. The number of aromatic nitrogens is 2. The van der Waals surface area contributed by atoms with E-state index < -0.39 is 5.97 Å². The zero-order valence-corrected chi connectivity index (χ0v) is 10.1.